The molecule has 0 saturated heterocycles. The van der Waals surface area contributed by atoms with Gasteiger partial charge < -0.3 is 10.1 Å². The number of aromatic nitrogens is 2. The molecule has 0 amide bonds. The summed E-state index contributed by atoms with van der Waals surface area (Å²) in [4.78, 5) is 9.02. The second-order valence-corrected chi connectivity index (χ2v) is 8.25. The molecule has 1 unspecified atom stereocenters. The van der Waals surface area contributed by atoms with E-state index in [-0.39, 0.29) is 0 Å². The average Bonchev–Trinajstić information content (AvgIpc) is 3.06. The van der Waals surface area contributed by atoms with Gasteiger partial charge in [-0.2, -0.15) is 0 Å². The third kappa shape index (κ3) is 3.98. The molecule has 0 radical (unpaired) electrons. The van der Waals surface area contributed by atoms with Crippen molar-refractivity contribution in [3.63, 3.8) is 0 Å². The van der Waals surface area contributed by atoms with Crippen molar-refractivity contribution in [1.82, 2.24) is 9.97 Å². The highest BCUT2D eigenvalue weighted by Gasteiger charge is 2.20. The lowest BCUT2D eigenvalue weighted by Crippen LogP contribution is -2.27. The predicted molar refractivity (Wildman–Crippen MR) is 108 cm³/mol. The minimum atomic E-state index is 0.477. The van der Waals surface area contributed by atoms with Crippen molar-refractivity contribution in [2.75, 3.05) is 5.32 Å². The Morgan fingerprint density at radius 1 is 1.12 bits per heavy atom. The molecule has 2 aromatic heterocycles. The highest BCUT2D eigenvalue weighted by atomic mass is 32.1. The van der Waals surface area contributed by atoms with E-state index >= 15 is 0 Å². The molecule has 0 aliphatic heterocycles. The highest BCUT2D eigenvalue weighted by Crippen LogP contribution is 2.33. The maximum Gasteiger partial charge on any atom is 0.184 e. The number of thiazole rings is 1. The molecule has 5 heteroatoms. The molecule has 1 atom stereocenters. The normalized spacial score (nSPS) is 16.5. The monoisotopic (exact) mass is 367 g/mol. The molecule has 136 valence electrons. The number of rotatable bonds is 5. The van der Waals surface area contributed by atoms with Gasteiger partial charge >= 0.3 is 0 Å². The number of ether oxygens (including phenoxy) is 1. The van der Waals surface area contributed by atoms with Gasteiger partial charge in [0.15, 0.2) is 5.13 Å². The van der Waals surface area contributed by atoms with Crippen molar-refractivity contribution in [2.24, 2.45) is 5.92 Å². The minimum absolute atomic E-state index is 0.477. The second-order valence-electron chi connectivity index (χ2n) is 7.22. The van der Waals surface area contributed by atoms with E-state index in [9.17, 15) is 0 Å². The standard InChI is InChI=1S/C21H25N3OS/c1-14-8-9-18(13-22-14)25-17-10-11-19-20(12-17)26-21(24-19)23-15(2)16-6-4-3-5-7-16/h8-13,15-16H,3-7H2,1-2H3,(H,23,24). The minimum Gasteiger partial charge on any atom is -0.456 e. The van der Waals surface area contributed by atoms with Crippen LogP contribution in [0.5, 0.6) is 11.5 Å². The molecule has 1 N–H and O–H groups in total. The maximum atomic E-state index is 5.92. The molecule has 3 aromatic rings. The quantitative estimate of drug-likeness (QED) is 0.585. The maximum absolute atomic E-state index is 5.92. The molecule has 1 fully saturated rings. The topological polar surface area (TPSA) is 47.0 Å². The van der Waals surface area contributed by atoms with Crippen LogP contribution in [-0.4, -0.2) is 16.0 Å². The molecule has 0 bridgehead atoms. The van der Waals surface area contributed by atoms with Crippen molar-refractivity contribution < 1.29 is 4.74 Å². The van der Waals surface area contributed by atoms with E-state index in [4.69, 9.17) is 9.72 Å². The molecular weight excluding hydrogens is 342 g/mol. The predicted octanol–water partition coefficient (Wildman–Crippen LogP) is 6.17. The zero-order valence-electron chi connectivity index (χ0n) is 15.4. The Balaban J connectivity index is 1.47. The number of aryl methyl sites for hydroxylation is 1. The molecule has 26 heavy (non-hydrogen) atoms. The zero-order chi connectivity index (χ0) is 17.9. The van der Waals surface area contributed by atoms with Crippen LogP contribution in [0.1, 0.15) is 44.7 Å². The first-order chi connectivity index (χ1) is 12.7. The van der Waals surface area contributed by atoms with Gasteiger partial charge in [0.1, 0.15) is 11.5 Å². The number of hydrogen-bond acceptors (Lipinski definition) is 5. The Kier molecular flexibility index (Phi) is 5.07. The largest absolute Gasteiger partial charge is 0.456 e. The Bertz CT molecular complexity index is 869. The van der Waals surface area contributed by atoms with Crippen LogP contribution in [0.4, 0.5) is 5.13 Å². The first kappa shape index (κ1) is 17.3. The summed E-state index contributed by atoms with van der Waals surface area (Å²) < 4.78 is 7.06. The summed E-state index contributed by atoms with van der Waals surface area (Å²) in [7, 11) is 0. The van der Waals surface area contributed by atoms with Gasteiger partial charge in [0.2, 0.25) is 0 Å². The van der Waals surface area contributed by atoms with Crippen LogP contribution in [0.25, 0.3) is 10.2 Å². The fourth-order valence-corrected chi connectivity index (χ4v) is 4.62. The Morgan fingerprint density at radius 3 is 2.69 bits per heavy atom. The fraction of sp³-hybridized carbons (Fsp3) is 0.429. The van der Waals surface area contributed by atoms with Crippen LogP contribution >= 0.6 is 11.3 Å². The highest BCUT2D eigenvalue weighted by molar-refractivity contribution is 7.22. The third-order valence-electron chi connectivity index (χ3n) is 5.19. The second kappa shape index (κ2) is 7.62. The Labute approximate surface area is 158 Å². The van der Waals surface area contributed by atoms with Gasteiger partial charge in [0, 0.05) is 17.8 Å². The first-order valence-corrected chi connectivity index (χ1v) is 10.3. The van der Waals surface area contributed by atoms with E-state index in [2.05, 4.69) is 23.3 Å². The van der Waals surface area contributed by atoms with Crippen molar-refractivity contribution in [3.05, 3.63) is 42.2 Å². The van der Waals surface area contributed by atoms with E-state index in [1.807, 2.05) is 31.2 Å². The lowest BCUT2D eigenvalue weighted by atomic mass is 9.85. The molecule has 1 aliphatic rings. The number of pyridine rings is 1. The van der Waals surface area contributed by atoms with E-state index in [1.165, 1.54) is 32.1 Å². The van der Waals surface area contributed by atoms with Crippen LogP contribution < -0.4 is 10.1 Å². The van der Waals surface area contributed by atoms with Crippen molar-refractivity contribution in [2.45, 2.75) is 52.0 Å². The van der Waals surface area contributed by atoms with Crippen LogP contribution in [0.3, 0.4) is 0 Å². The van der Waals surface area contributed by atoms with Crippen LogP contribution in [0, 0.1) is 12.8 Å². The Morgan fingerprint density at radius 2 is 1.92 bits per heavy atom. The number of fused-ring (bicyclic) bond motifs is 1. The van der Waals surface area contributed by atoms with E-state index in [1.54, 1.807) is 17.5 Å². The first-order valence-electron chi connectivity index (χ1n) is 9.45. The molecule has 4 rings (SSSR count). The van der Waals surface area contributed by atoms with Crippen LogP contribution in [-0.2, 0) is 0 Å². The van der Waals surface area contributed by atoms with Gasteiger partial charge in [-0.3, -0.25) is 4.98 Å². The lowest BCUT2D eigenvalue weighted by molar-refractivity contribution is 0.328. The molecule has 2 heterocycles. The summed E-state index contributed by atoms with van der Waals surface area (Å²) in [5, 5.41) is 4.64. The molecule has 1 saturated carbocycles. The molecular formula is C21H25N3OS. The SMILES string of the molecule is Cc1ccc(Oc2ccc3nc(NC(C)C4CCCCC4)sc3c2)cn1. The van der Waals surface area contributed by atoms with E-state index in [0.717, 1.165) is 38.5 Å². The Hall–Kier alpha value is -2.14. The van der Waals surface area contributed by atoms with Crippen LogP contribution in [0.2, 0.25) is 0 Å². The average molecular weight is 368 g/mol. The van der Waals surface area contributed by atoms with Gasteiger partial charge in [-0.15, -0.1) is 0 Å². The van der Waals surface area contributed by atoms with Crippen molar-refractivity contribution in [3.8, 4) is 11.5 Å². The van der Waals surface area contributed by atoms with Crippen LogP contribution in [0.15, 0.2) is 36.5 Å². The molecule has 4 nitrogen and oxygen atoms in total. The number of nitrogens with zero attached hydrogens (tertiary/aromatic N) is 2. The molecule has 1 aromatic carbocycles. The summed E-state index contributed by atoms with van der Waals surface area (Å²) in [6, 6.07) is 10.4. The van der Waals surface area contributed by atoms with Gasteiger partial charge in [0.05, 0.1) is 16.4 Å². The van der Waals surface area contributed by atoms with Crippen molar-refractivity contribution in [1.29, 1.82) is 0 Å². The number of nitrogens with one attached hydrogen (secondary N) is 1. The smallest absolute Gasteiger partial charge is 0.184 e. The lowest BCUT2D eigenvalue weighted by Gasteiger charge is -2.28. The van der Waals surface area contributed by atoms with Gasteiger partial charge in [-0.1, -0.05) is 30.6 Å². The number of hydrogen-bond donors (Lipinski definition) is 1. The van der Waals surface area contributed by atoms with Gasteiger partial charge in [-0.25, -0.2) is 4.98 Å². The fourth-order valence-electron chi connectivity index (χ4n) is 3.63. The summed E-state index contributed by atoms with van der Waals surface area (Å²) in [6.07, 6.45) is 8.55. The summed E-state index contributed by atoms with van der Waals surface area (Å²) in [5.41, 5.74) is 2.00. The summed E-state index contributed by atoms with van der Waals surface area (Å²) in [5.74, 6) is 2.34. The van der Waals surface area contributed by atoms with E-state index < -0.39 is 0 Å². The molecule has 1 aliphatic carbocycles. The van der Waals surface area contributed by atoms with E-state index in [0.29, 0.717) is 6.04 Å². The number of benzene rings is 1. The van der Waals surface area contributed by atoms with Gasteiger partial charge in [-0.05, 0) is 56.9 Å². The van der Waals surface area contributed by atoms with Crippen molar-refractivity contribution >= 4 is 26.7 Å². The van der Waals surface area contributed by atoms with Gasteiger partial charge in [0.25, 0.3) is 0 Å². The summed E-state index contributed by atoms with van der Waals surface area (Å²) >= 11 is 1.70. The summed E-state index contributed by atoms with van der Waals surface area (Å²) in [6.45, 7) is 4.26. The molecule has 0 spiro atoms. The number of anilines is 1. The third-order valence-corrected chi connectivity index (χ3v) is 6.14. The zero-order valence-corrected chi connectivity index (χ0v) is 16.2.